The lowest BCUT2D eigenvalue weighted by molar-refractivity contribution is -0.0167. The average Bonchev–Trinajstić information content (AvgIpc) is 3.04. The van der Waals surface area contributed by atoms with E-state index in [1.165, 1.54) is 44.1 Å². The molecule has 0 unspecified atom stereocenters. The molecule has 0 aliphatic heterocycles. The van der Waals surface area contributed by atoms with Crippen molar-refractivity contribution in [3.8, 4) is 11.3 Å². The van der Waals surface area contributed by atoms with Crippen LogP contribution in [0.2, 0.25) is 0 Å². The first-order chi connectivity index (χ1) is 12.1. The average molecular weight is 335 g/mol. The van der Waals surface area contributed by atoms with E-state index >= 15 is 0 Å². The fourth-order valence-electron chi connectivity index (χ4n) is 5.88. The predicted molar refractivity (Wildman–Crippen MR) is 97.1 cm³/mol. The first-order valence-corrected chi connectivity index (χ1v) is 9.53. The van der Waals surface area contributed by atoms with Gasteiger partial charge < -0.3 is 5.32 Å². The molecule has 25 heavy (non-hydrogen) atoms. The first kappa shape index (κ1) is 15.2. The summed E-state index contributed by atoms with van der Waals surface area (Å²) in [5.74, 6) is 2.50. The van der Waals surface area contributed by atoms with Crippen LogP contribution >= 0.6 is 0 Å². The molecule has 130 valence electrons. The zero-order chi connectivity index (χ0) is 17.0. The highest BCUT2D eigenvalue weighted by Gasteiger charge is 2.51. The third kappa shape index (κ3) is 2.68. The number of nitrogens with zero attached hydrogens (tertiary/aromatic N) is 1. The number of carbonyl (C=O) groups excluding carboxylic acids is 1. The molecule has 4 nitrogen and oxygen atoms in total. The highest BCUT2D eigenvalue weighted by molar-refractivity contribution is 5.94. The van der Waals surface area contributed by atoms with Crippen LogP contribution in [0.15, 0.2) is 30.3 Å². The molecule has 0 saturated heterocycles. The van der Waals surface area contributed by atoms with Crippen molar-refractivity contribution in [1.29, 1.82) is 0 Å². The minimum Gasteiger partial charge on any atom is -0.345 e. The smallest absolute Gasteiger partial charge is 0.269 e. The molecule has 0 spiro atoms. The zero-order valence-electron chi connectivity index (χ0n) is 14.7. The van der Waals surface area contributed by atoms with E-state index in [-0.39, 0.29) is 11.4 Å². The Morgan fingerprint density at radius 1 is 1.08 bits per heavy atom. The number of aryl methyl sites for hydroxylation is 1. The fraction of sp³-hybridized carbons (Fsp3) is 0.524. The number of nitrogens with one attached hydrogen (secondary N) is 2. The molecule has 4 heteroatoms. The molecule has 2 N–H and O–H groups in total. The maximum atomic E-state index is 12.8. The number of aromatic amines is 1. The molecule has 1 aromatic heterocycles. The molecule has 0 radical (unpaired) electrons. The van der Waals surface area contributed by atoms with Crippen molar-refractivity contribution in [3.63, 3.8) is 0 Å². The van der Waals surface area contributed by atoms with Crippen LogP contribution in [0.3, 0.4) is 0 Å². The van der Waals surface area contributed by atoms with Crippen molar-refractivity contribution >= 4 is 5.91 Å². The van der Waals surface area contributed by atoms with Gasteiger partial charge in [-0.25, -0.2) is 0 Å². The standard InChI is InChI=1S/C21H25N3O/c1-13-2-4-17(5-3-13)18-9-19(24-23-18)20(25)22-21-10-14-6-15(11-21)8-16(7-14)12-21/h2-5,9,14-16H,6-8,10-12H2,1H3,(H,22,25)(H,23,24). The lowest BCUT2D eigenvalue weighted by Crippen LogP contribution is -2.59. The van der Waals surface area contributed by atoms with Crippen LogP contribution in [0.4, 0.5) is 0 Å². The van der Waals surface area contributed by atoms with E-state index in [0.717, 1.165) is 29.0 Å². The van der Waals surface area contributed by atoms with Gasteiger partial charge in [0, 0.05) is 11.1 Å². The van der Waals surface area contributed by atoms with Gasteiger partial charge in [-0.2, -0.15) is 5.10 Å². The minimum absolute atomic E-state index is 0.00723. The second-order valence-corrected chi connectivity index (χ2v) is 8.68. The molecule has 2 aromatic rings. The number of rotatable bonds is 3. The number of benzene rings is 1. The quantitative estimate of drug-likeness (QED) is 0.888. The van der Waals surface area contributed by atoms with Crippen LogP contribution in [-0.2, 0) is 0 Å². The summed E-state index contributed by atoms with van der Waals surface area (Å²) in [6.07, 6.45) is 7.67. The monoisotopic (exact) mass is 335 g/mol. The molecule has 1 amide bonds. The van der Waals surface area contributed by atoms with Gasteiger partial charge in [0.15, 0.2) is 0 Å². The van der Waals surface area contributed by atoms with E-state index in [1.807, 2.05) is 18.2 Å². The molecule has 0 atom stereocenters. The summed E-state index contributed by atoms with van der Waals surface area (Å²) < 4.78 is 0. The predicted octanol–water partition coefficient (Wildman–Crippen LogP) is 4.08. The number of carbonyl (C=O) groups is 1. The summed E-state index contributed by atoms with van der Waals surface area (Å²) in [4.78, 5) is 12.8. The second kappa shape index (κ2) is 5.45. The molecule has 4 saturated carbocycles. The first-order valence-electron chi connectivity index (χ1n) is 9.53. The molecule has 1 heterocycles. The Morgan fingerprint density at radius 2 is 1.68 bits per heavy atom. The third-order valence-electron chi connectivity index (χ3n) is 6.59. The number of aromatic nitrogens is 2. The second-order valence-electron chi connectivity index (χ2n) is 8.68. The lowest BCUT2D eigenvalue weighted by Gasteiger charge is -2.56. The fourth-order valence-corrected chi connectivity index (χ4v) is 5.88. The maximum Gasteiger partial charge on any atom is 0.269 e. The van der Waals surface area contributed by atoms with Gasteiger partial charge in [0.2, 0.25) is 0 Å². The molecular weight excluding hydrogens is 310 g/mol. The number of hydrogen-bond acceptors (Lipinski definition) is 2. The highest BCUT2D eigenvalue weighted by atomic mass is 16.2. The normalized spacial score (nSPS) is 32.8. The van der Waals surface area contributed by atoms with E-state index in [1.54, 1.807) is 0 Å². The topological polar surface area (TPSA) is 57.8 Å². The molecule has 1 aromatic carbocycles. The van der Waals surface area contributed by atoms with Crippen LogP contribution in [0.5, 0.6) is 0 Å². The lowest BCUT2D eigenvalue weighted by atomic mass is 9.53. The van der Waals surface area contributed by atoms with Gasteiger partial charge in [-0.05, 0) is 69.3 Å². The van der Waals surface area contributed by atoms with Crippen LogP contribution in [0.25, 0.3) is 11.3 Å². The van der Waals surface area contributed by atoms with Gasteiger partial charge >= 0.3 is 0 Å². The molecular formula is C21H25N3O. The van der Waals surface area contributed by atoms with Crippen molar-refractivity contribution < 1.29 is 4.79 Å². The summed E-state index contributed by atoms with van der Waals surface area (Å²) in [7, 11) is 0. The van der Waals surface area contributed by atoms with E-state index in [4.69, 9.17) is 0 Å². The Labute approximate surface area is 148 Å². The Balaban J connectivity index is 1.34. The van der Waals surface area contributed by atoms with Crippen molar-refractivity contribution in [3.05, 3.63) is 41.6 Å². The van der Waals surface area contributed by atoms with Gasteiger partial charge in [-0.1, -0.05) is 29.8 Å². The Morgan fingerprint density at radius 3 is 2.28 bits per heavy atom. The van der Waals surface area contributed by atoms with Crippen molar-refractivity contribution in [2.75, 3.05) is 0 Å². The highest BCUT2D eigenvalue weighted by Crippen LogP contribution is 2.55. The van der Waals surface area contributed by atoms with Crippen molar-refractivity contribution in [1.82, 2.24) is 15.5 Å². The van der Waals surface area contributed by atoms with Crippen molar-refractivity contribution in [2.45, 2.75) is 51.0 Å². The minimum atomic E-state index is 0.00723. The van der Waals surface area contributed by atoms with Gasteiger partial charge in [-0.3, -0.25) is 9.89 Å². The SMILES string of the molecule is Cc1ccc(-c2cc(C(=O)NC34CC5CC(CC(C5)C3)C4)[nH]n2)cc1. The van der Waals surface area contributed by atoms with Gasteiger partial charge in [0.1, 0.15) is 5.69 Å². The zero-order valence-corrected chi connectivity index (χ0v) is 14.7. The summed E-state index contributed by atoms with van der Waals surface area (Å²) in [5, 5.41) is 10.7. The van der Waals surface area contributed by atoms with E-state index < -0.39 is 0 Å². The van der Waals surface area contributed by atoms with E-state index in [0.29, 0.717) is 5.69 Å². The Bertz CT molecular complexity index is 770. The molecule has 6 rings (SSSR count). The van der Waals surface area contributed by atoms with Crippen molar-refractivity contribution in [2.24, 2.45) is 17.8 Å². The largest absolute Gasteiger partial charge is 0.345 e. The molecule has 4 bridgehead atoms. The number of amides is 1. The van der Waals surface area contributed by atoms with E-state index in [9.17, 15) is 4.79 Å². The third-order valence-corrected chi connectivity index (χ3v) is 6.59. The Kier molecular flexibility index (Phi) is 3.31. The number of hydrogen-bond donors (Lipinski definition) is 2. The summed E-state index contributed by atoms with van der Waals surface area (Å²) >= 11 is 0. The van der Waals surface area contributed by atoms with Gasteiger partial charge in [0.05, 0.1) is 5.69 Å². The maximum absolute atomic E-state index is 12.8. The van der Waals surface area contributed by atoms with Crippen LogP contribution in [0, 0.1) is 24.7 Å². The number of H-pyrrole nitrogens is 1. The van der Waals surface area contributed by atoms with Gasteiger partial charge in [-0.15, -0.1) is 0 Å². The van der Waals surface area contributed by atoms with Gasteiger partial charge in [0.25, 0.3) is 5.91 Å². The van der Waals surface area contributed by atoms with Crippen LogP contribution in [0.1, 0.15) is 54.6 Å². The molecule has 4 aliphatic rings. The summed E-state index contributed by atoms with van der Waals surface area (Å²) in [6, 6.07) is 10.1. The Hall–Kier alpha value is -2.10. The molecule has 4 fully saturated rings. The van der Waals surface area contributed by atoms with Crippen LogP contribution in [-0.4, -0.2) is 21.6 Å². The summed E-state index contributed by atoms with van der Waals surface area (Å²) in [6.45, 7) is 2.07. The molecule has 4 aliphatic carbocycles. The summed E-state index contributed by atoms with van der Waals surface area (Å²) in [5.41, 5.74) is 3.71. The van der Waals surface area contributed by atoms with Crippen LogP contribution < -0.4 is 5.32 Å². The van der Waals surface area contributed by atoms with E-state index in [2.05, 4.69) is 34.6 Å².